The molecular formula is C23H30N6. The zero-order valence-electron chi connectivity index (χ0n) is 17.2. The summed E-state index contributed by atoms with van der Waals surface area (Å²) < 4.78 is 0. The maximum atomic E-state index is 4.53. The number of fused-ring (bicyclic) bond motifs is 1. The highest BCUT2D eigenvalue weighted by Gasteiger charge is 2.21. The lowest BCUT2D eigenvalue weighted by Gasteiger charge is -2.32. The standard InChI is InChI=1S/C23H30N6/c1-28-10-12-29(13-11-28)15-18-4-6-19(7-5-18)20-14-25-23-21(20)22(26-16-27-23)24-9-8-17-2-3-17/h4-7,14,16-17H,2-3,8-13,15H2,1H3,(H2,24,25,26,27). The van der Waals surface area contributed by atoms with Gasteiger partial charge in [0.1, 0.15) is 17.8 Å². The van der Waals surface area contributed by atoms with E-state index in [2.05, 4.69) is 67.6 Å². The van der Waals surface area contributed by atoms with E-state index < -0.39 is 0 Å². The number of aromatic nitrogens is 3. The molecule has 0 amide bonds. The number of nitrogens with zero attached hydrogens (tertiary/aromatic N) is 4. The summed E-state index contributed by atoms with van der Waals surface area (Å²) in [6, 6.07) is 8.98. The lowest BCUT2D eigenvalue weighted by molar-refractivity contribution is 0.148. The summed E-state index contributed by atoms with van der Waals surface area (Å²) in [5.74, 6) is 1.85. The van der Waals surface area contributed by atoms with Gasteiger partial charge in [-0.3, -0.25) is 4.90 Å². The van der Waals surface area contributed by atoms with Crippen molar-refractivity contribution >= 4 is 16.9 Å². The van der Waals surface area contributed by atoms with Crippen molar-refractivity contribution in [1.82, 2.24) is 24.8 Å². The number of aromatic amines is 1. The van der Waals surface area contributed by atoms with Crippen LogP contribution in [0.1, 0.15) is 24.8 Å². The third kappa shape index (κ3) is 4.28. The molecule has 0 spiro atoms. The smallest absolute Gasteiger partial charge is 0.143 e. The molecule has 1 saturated heterocycles. The Labute approximate surface area is 172 Å². The van der Waals surface area contributed by atoms with Gasteiger partial charge in [-0.05, 0) is 30.5 Å². The van der Waals surface area contributed by atoms with Gasteiger partial charge < -0.3 is 15.2 Å². The molecule has 0 radical (unpaired) electrons. The highest BCUT2D eigenvalue weighted by Crippen LogP contribution is 2.34. The summed E-state index contributed by atoms with van der Waals surface area (Å²) in [5.41, 5.74) is 4.64. The molecule has 152 valence electrons. The van der Waals surface area contributed by atoms with Gasteiger partial charge in [0.15, 0.2) is 0 Å². The van der Waals surface area contributed by atoms with Crippen LogP contribution in [-0.4, -0.2) is 64.5 Å². The molecule has 29 heavy (non-hydrogen) atoms. The minimum absolute atomic E-state index is 0.894. The van der Waals surface area contributed by atoms with Crippen molar-refractivity contribution in [3.05, 3.63) is 42.4 Å². The summed E-state index contributed by atoms with van der Waals surface area (Å²) in [4.78, 5) is 17.2. The van der Waals surface area contributed by atoms with E-state index in [1.54, 1.807) is 6.33 Å². The SMILES string of the molecule is CN1CCN(Cc2ccc(-c3c[nH]c4ncnc(NCCC5CC5)c34)cc2)CC1. The molecule has 6 nitrogen and oxygen atoms in total. The van der Waals surface area contributed by atoms with Gasteiger partial charge in [0.05, 0.1) is 5.39 Å². The molecule has 2 fully saturated rings. The minimum atomic E-state index is 0.894. The van der Waals surface area contributed by atoms with Crippen molar-refractivity contribution in [1.29, 1.82) is 0 Å². The average Bonchev–Trinajstić information content (AvgIpc) is 3.47. The fraction of sp³-hybridized carbons (Fsp3) is 0.478. The molecule has 0 bridgehead atoms. The summed E-state index contributed by atoms with van der Waals surface area (Å²) in [7, 11) is 2.20. The van der Waals surface area contributed by atoms with Gasteiger partial charge in [-0.15, -0.1) is 0 Å². The number of rotatable bonds is 7. The van der Waals surface area contributed by atoms with Gasteiger partial charge in [-0.25, -0.2) is 9.97 Å². The van der Waals surface area contributed by atoms with Crippen molar-refractivity contribution in [3.8, 4) is 11.1 Å². The van der Waals surface area contributed by atoms with Gasteiger partial charge in [0.2, 0.25) is 0 Å². The van der Waals surface area contributed by atoms with E-state index >= 15 is 0 Å². The molecule has 0 atom stereocenters. The van der Waals surface area contributed by atoms with Crippen LogP contribution in [0.3, 0.4) is 0 Å². The molecule has 3 aromatic rings. The van der Waals surface area contributed by atoms with Crippen LogP contribution in [0.15, 0.2) is 36.8 Å². The molecule has 0 unspecified atom stereocenters. The lowest BCUT2D eigenvalue weighted by atomic mass is 10.0. The average molecular weight is 391 g/mol. The van der Waals surface area contributed by atoms with Crippen molar-refractivity contribution in [2.75, 3.05) is 45.1 Å². The summed E-state index contributed by atoms with van der Waals surface area (Å²) in [5, 5.41) is 4.64. The van der Waals surface area contributed by atoms with E-state index in [1.807, 2.05) is 0 Å². The Bertz CT molecular complexity index is 951. The largest absolute Gasteiger partial charge is 0.369 e. The fourth-order valence-electron chi connectivity index (χ4n) is 4.18. The second kappa shape index (κ2) is 8.13. The Morgan fingerprint density at radius 1 is 1.07 bits per heavy atom. The number of H-pyrrole nitrogens is 1. The summed E-state index contributed by atoms with van der Waals surface area (Å²) >= 11 is 0. The first-order valence-corrected chi connectivity index (χ1v) is 10.8. The molecule has 1 aromatic carbocycles. The zero-order chi connectivity index (χ0) is 19.6. The number of piperazine rings is 1. The first kappa shape index (κ1) is 18.6. The third-order valence-electron chi connectivity index (χ3n) is 6.28. The monoisotopic (exact) mass is 390 g/mol. The predicted molar refractivity (Wildman–Crippen MR) is 118 cm³/mol. The molecule has 1 aliphatic carbocycles. The van der Waals surface area contributed by atoms with Gasteiger partial charge in [-0.1, -0.05) is 37.1 Å². The van der Waals surface area contributed by atoms with Crippen LogP contribution in [0.5, 0.6) is 0 Å². The number of nitrogens with one attached hydrogen (secondary N) is 2. The van der Waals surface area contributed by atoms with Gasteiger partial charge in [0, 0.05) is 51.0 Å². The lowest BCUT2D eigenvalue weighted by Crippen LogP contribution is -2.43. The van der Waals surface area contributed by atoms with E-state index in [-0.39, 0.29) is 0 Å². The Morgan fingerprint density at radius 3 is 2.62 bits per heavy atom. The van der Waals surface area contributed by atoms with E-state index in [0.29, 0.717) is 0 Å². The third-order valence-corrected chi connectivity index (χ3v) is 6.28. The maximum absolute atomic E-state index is 4.53. The number of hydrogen-bond acceptors (Lipinski definition) is 5. The predicted octanol–water partition coefficient (Wildman–Crippen LogP) is 3.58. The second-order valence-corrected chi connectivity index (χ2v) is 8.58. The zero-order valence-corrected chi connectivity index (χ0v) is 17.2. The molecule has 2 aliphatic rings. The highest BCUT2D eigenvalue weighted by molar-refractivity contribution is 6.00. The number of anilines is 1. The molecule has 2 aromatic heterocycles. The second-order valence-electron chi connectivity index (χ2n) is 8.58. The van der Waals surface area contributed by atoms with Crippen molar-refractivity contribution in [2.24, 2.45) is 5.92 Å². The van der Waals surface area contributed by atoms with Crippen LogP contribution in [0.25, 0.3) is 22.2 Å². The normalized spacial score (nSPS) is 18.4. The van der Waals surface area contributed by atoms with Crippen molar-refractivity contribution in [3.63, 3.8) is 0 Å². The van der Waals surface area contributed by atoms with Gasteiger partial charge >= 0.3 is 0 Å². The molecule has 2 N–H and O–H groups in total. The summed E-state index contributed by atoms with van der Waals surface area (Å²) in [6.07, 6.45) is 7.70. The van der Waals surface area contributed by atoms with Crippen LogP contribution in [-0.2, 0) is 6.54 Å². The van der Waals surface area contributed by atoms with Gasteiger partial charge in [0.25, 0.3) is 0 Å². The molecule has 5 rings (SSSR count). The van der Waals surface area contributed by atoms with Crippen molar-refractivity contribution < 1.29 is 0 Å². The van der Waals surface area contributed by atoms with E-state index in [4.69, 9.17) is 0 Å². The Balaban J connectivity index is 1.33. The van der Waals surface area contributed by atoms with Crippen LogP contribution in [0.4, 0.5) is 5.82 Å². The van der Waals surface area contributed by atoms with Gasteiger partial charge in [-0.2, -0.15) is 0 Å². The molecule has 1 aliphatic heterocycles. The maximum Gasteiger partial charge on any atom is 0.143 e. The van der Waals surface area contributed by atoms with Crippen LogP contribution in [0.2, 0.25) is 0 Å². The number of likely N-dealkylation sites (N-methyl/N-ethyl adjacent to an activating group) is 1. The van der Waals surface area contributed by atoms with Crippen LogP contribution < -0.4 is 5.32 Å². The Morgan fingerprint density at radius 2 is 1.86 bits per heavy atom. The topological polar surface area (TPSA) is 60.1 Å². The Kier molecular flexibility index (Phi) is 5.21. The number of benzene rings is 1. The Hall–Kier alpha value is -2.44. The quantitative estimate of drug-likeness (QED) is 0.646. The number of hydrogen-bond donors (Lipinski definition) is 2. The first-order chi connectivity index (χ1) is 14.3. The first-order valence-electron chi connectivity index (χ1n) is 10.8. The summed E-state index contributed by atoms with van der Waals surface area (Å²) in [6.45, 7) is 6.61. The van der Waals surface area contributed by atoms with E-state index in [9.17, 15) is 0 Å². The molecule has 3 heterocycles. The fourth-order valence-corrected chi connectivity index (χ4v) is 4.18. The van der Waals surface area contributed by atoms with E-state index in [1.165, 1.54) is 36.0 Å². The van der Waals surface area contributed by atoms with Crippen LogP contribution in [0, 0.1) is 5.92 Å². The highest BCUT2D eigenvalue weighted by atomic mass is 15.2. The molecule has 1 saturated carbocycles. The van der Waals surface area contributed by atoms with Crippen molar-refractivity contribution in [2.45, 2.75) is 25.8 Å². The molecular weight excluding hydrogens is 360 g/mol. The molecule has 6 heteroatoms. The van der Waals surface area contributed by atoms with E-state index in [0.717, 1.165) is 62.0 Å². The minimum Gasteiger partial charge on any atom is -0.369 e. The van der Waals surface area contributed by atoms with Crippen LogP contribution >= 0.6 is 0 Å².